The van der Waals surface area contributed by atoms with E-state index in [2.05, 4.69) is 15.4 Å². The maximum Gasteiger partial charge on any atom is 0.290 e. The average molecular weight is 399 g/mol. The van der Waals surface area contributed by atoms with Crippen LogP contribution in [-0.4, -0.2) is 26.0 Å². The Kier molecular flexibility index (Phi) is 4.10. The molecule has 8 heteroatoms. The molecule has 0 aliphatic carbocycles. The van der Waals surface area contributed by atoms with Gasteiger partial charge in [-0.3, -0.25) is 20.0 Å². The number of hydrogen-bond donors (Lipinski definition) is 1. The van der Waals surface area contributed by atoms with E-state index >= 15 is 0 Å². The monoisotopic (exact) mass is 399 g/mol. The number of amides is 1. The summed E-state index contributed by atoms with van der Waals surface area (Å²) >= 11 is 1.26. The molecule has 7 nitrogen and oxygen atoms in total. The number of nitrogens with zero attached hydrogens (tertiary/aromatic N) is 4. The second-order valence-corrected chi connectivity index (χ2v) is 7.29. The lowest BCUT2D eigenvalue weighted by Crippen LogP contribution is -2.27. The summed E-state index contributed by atoms with van der Waals surface area (Å²) in [7, 11) is 0. The molecule has 4 heterocycles. The van der Waals surface area contributed by atoms with Gasteiger partial charge in [0.1, 0.15) is 15.9 Å². The number of pyridine rings is 2. The summed E-state index contributed by atoms with van der Waals surface area (Å²) in [6.07, 6.45) is 5.23. The van der Waals surface area contributed by atoms with Crippen LogP contribution in [0, 0.1) is 0 Å². The van der Waals surface area contributed by atoms with Crippen LogP contribution in [0.3, 0.4) is 0 Å². The summed E-state index contributed by atoms with van der Waals surface area (Å²) in [5.41, 5.74) is 6.16. The van der Waals surface area contributed by atoms with Crippen molar-refractivity contribution in [2.24, 2.45) is 0 Å². The highest BCUT2D eigenvalue weighted by Crippen LogP contribution is 2.38. The minimum absolute atomic E-state index is 0.341. The van der Waals surface area contributed by atoms with E-state index in [9.17, 15) is 9.59 Å². The van der Waals surface area contributed by atoms with Crippen LogP contribution < -0.4 is 11.0 Å². The van der Waals surface area contributed by atoms with Crippen LogP contribution in [0.25, 0.3) is 42.8 Å². The molecule has 1 N–H and O–H groups in total. The lowest BCUT2D eigenvalue weighted by molar-refractivity contribution is -0.106. The first-order chi connectivity index (χ1) is 14.3. The number of carbonyl (C=O) groups is 1. The standard InChI is InChI=1S/C21H13N5O2S/c27-12-24-26-11-23-18-17-15(13-5-2-1-3-6-13)9-16(14-7-4-8-22-10-14)25-20(17)29-19(18)21(26)28/h1-12H,(H,24,27). The Morgan fingerprint density at radius 3 is 2.66 bits per heavy atom. The van der Waals surface area contributed by atoms with E-state index in [1.807, 2.05) is 48.5 Å². The number of fused-ring (bicyclic) bond motifs is 3. The molecule has 5 rings (SSSR count). The van der Waals surface area contributed by atoms with Gasteiger partial charge in [0, 0.05) is 23.3 Å². The fourth-order valence-corrected chi connectivity index (χ4v) is 4.37. The van der Waals surface area contributed by atoms with Gasteiger partial charge in [-0.15, -0.1) is 11.3 Å². The SMILES string of the molecule is O=CNn1cnc2c(sc3nc(-c4cccnc4)cc(-c4ccccc4)c32)c1=O. The van der Waals surface area contributed by atoms with E-state index in [4.69, 9.17) is 4.98 Å². The molecule has 0 saturated carbocycles. The third-order valence-corrected chi connectivity index (χ3v) is 5.65. The van der Waals surface area contributed by atoms with Gasteiger partial charge in [-0.2, -0.15) is 0 Å². The maximum atomic E-state index is 12.8. The van der Waals surface area contributed by atoms with Crippen molar-refractivity contribution < 1.29 is 4.79 Å². The van der Waals surface area contributed by atoms with Crippen LogP contribution in [-0.2, 0) is 4.79 Å². The summed E-state index contributed by atoms with van der Waals surface area (Å²) in [6.45, 7) is 0. The molecule has 0 spiro atoms. The average Bonchev–Trinajstić information content (AvgIpc) is 3.16. The third-order valence-electron chi connectivity index (χ3n) is 4.59. The molecule has 29 heavy (non-hydrogen) atoms. The van der Waals surface area contributed by atoms with Gasteiger partial charge in [0.2, 0.25) is 6.41 Å². The molecular formula is C21H13N5O2S. The lowest BCUT2D eigenvalue weighted by Gasteiger charge is -2.08. The van der Waals surface area contributed by atoms with Crippen LogP contribution in [0.4, 0.5) is 0 Å². The Hall–Kier alpha value is -3.91. The number of nitrogens with one attached hydrogen (secondary N) is 1. The smallest absolute Gasteiger partial charge is 0.277 e. The number of thiophene rings is 1. The van der Waals surface area contributed by atoms with Crippen LogP contribution in [0.5, 0.6) is 0 Å². The van der Waals surface area contributed by atoms with Crippen LogP contribution in [0.15, 0.2) is 72.0 Å². The zero-order valence-electron chi connectivity index (χ0n) is 14.9. The molecule has 1 aromatic carbocycles. The largest absolute Gasteiger partial charge is 0.290 e. The minimum Gasteiger partial charge on any atom is -0.277 e. The van der Waals surface area contributed by atoms with Gasteiger partial charge in [0.25, 0.3) is 5.56 Å². The topological polar surface area (TPSA) is 89.8 Å². The molecule has 140 valence electrons. The van der Waals surface area contributed by atoms with Crippen LogP contribution in [0.2, 0.25) is 0 Å². The van der Waals surface area contributed by atoms with E-state index in [0.717, 1.165) is 32.4 Å². The van der Waals surface area contributed by atoms with Gasteiger partial charge in [0.15, 0.2) is 0 Å². The molecule has 0 aliphatic heterocycles. The van der Waals surface area contributed by atoms with E-state index in [-0.39, 0.29) is 5.56 Å². The van der Waals surface area contributed by atoms with E-state index in [1.54, 1.807) is 12.4 Å². The van der Waals surface area contributed by atoms with Crippen molar-refractivity contribution in [3.8, 4) is 22.4 Å². The fourth-order valence-electron chi connectivity index (χ4n) is 3.28. The van der Waals surface area contributed by atoms with Crippen LogP contribution >= 0.6 is 11.3 Å². The first kappa shape index (κ1) is 17.2. The van der Waals surface area contributed by atoms with Crippen molar-refractivity contribution in [2.75, 3.05) is 5.43 Å². The number of benzene rings is 1. The van der Waals surface area contributed by atoms with E-state index < -0.39 is 0 Å². The molecule has 0 atom stereocenters. The Morgan fingerprint density at radius 1 is 1.07 bits per heavy atom. The van der Waals surface area contributed by atoms with E-state index in [1.165, 1.54) is 17.7 Å². The first-order valence-electron chi connectivity index (χ1n) is 8.77. The van der Waals surface area contributed by atoms with Crippen molar-refractivity contribution in [2.45, 2.75) is 0 Å². The Labute approximate surface area is 168 Å². The fraction of sp³-hybridized carbons (Fsp3) is 0. The quantitative estimate of drug-likeness (QED) is 0.468. The third kappa shape index (κ3) is 2.86. The molecule has 5 aromatic rings. The Morgan fingerprint density at radius 2 is 1.90 bits per heavy atom. The second kappa shape index (κ2) is 6.92. The highest BCUT2D eigenvalue weighted by atomic mass is 32.1. The van der Waals surface area contributed by atoms with Crippen molar-refractivity contribution in [1.82, 2.24) is 19.6 Å². The highest BCUT2D eigenvalue weighted by molar-refractivity contribution is 7.25. The van der Waals surface area contributed by atoms with Gasteiger partial charge in [-0.1, -0.05) is 30.3 Å². The van der Waals surface area contributed by atoms with Crippen LogP contribution in [0.1, 0.15) is 0 Å². The van der Waals surface area contributed by atoms with Crippen molar-refractivity contribution in [3.05, 3.63) is 77.6 Å². The minimum atomic E-state index is -0.341. The molecular weight excluding hydrogens is 386 g/mol. The first-order valence-corrected chi connectivity index (χ1v) is 9.59. The number of aromatic nitrogens is 4. The van der Waals surface area contributed by atoms with Crippen molar-refractivity contribution >= 4 is 38.2 Å². The van der Waals surface area contributed by atoms with Gasteiger partial charge in [0.05, 0.1) is 11.2 Å². The molecule has 0 bridgehead atoms. The zero-order chi connectivity index (χ0) is 19.8. The molecule has 1 amide bonds. The van der Waals surface area contributed by atoms with Gasteiger partial charge in [-0.25, -0.2) is 14.6 Å². The summed E-state index contributed by atoms with van der Waals surface area (Å²) in [5, 5.41) is 0.819. The molecule has 0 radical (unpaired) electrons. The summed E-state index contributed by atoms with van der Waals surface area (Å²) in [6, 6.07) is 15.7. The van der Waals surface area contributed by atoms with Crippen molar-refractivity contribution in [1.29, 1.82) is 0 Å². The summed E-state index contributed by atoms with van der Waals surface area (Å²) in [4.78, 5) is 37.6. The number of rotatable bonds is 4. The second-order valence-electron chi connectivity index (χ2n) is 6.29. The maximum absolute atomic E-state index is 12.8. The van der Waals surface area contributed by atoms with Gasteiger partial charge in [-0.05, 0) is 29.3 Å². The normalized spacial score (nSPS) is 11.0. The molecule has 0 fully saturated rings. The molecule has 0 unspecified atom stereocenters. The van der Waals surface area contributed by atoms with Gasteiger partial charge < -0.3 is 0 Å². The zero-order valence-corrected chi connectivity index (χ0v) is 15.8. The predicted molar refractivity (Wildman–Crippen MR) is 113 cm³/mol. The Bertz CT molecular complexity index is 1410. The van der Waals surface area contributed by atoms with Gasteiger partial charge >= 0.3 is 0 Å². The van der Waals surface area contributed by atoms with E-state index in [0.29, 0.717) is 21.5 Å². The van der Waals surface area contributed by atoms with Crippen molar-refractivity contribution in [3.63, 3.8) is 0 Å². The Balaban J connectivity index is 1.89. The number of hydrogen-bond acceptors (Lipinski definition) is 6. The summed E-state index contributed by atoms with van der Waals surface area (Å²) in [5.74, 6) is 0. The molecule has 0 saturated heterocycles. The number of carbonyl (C=O) groups excluding carboxylic acids is 1. The molecule has 4 aromatic heterocycles. The highest BCUT2D eigenvalue weighted by Gasteiger charge is 2.18. The predicted octanol–water partition coefficient (Wildman–Crippen LogP) is 3.44. The lowest BCUT2D eigenvalue weighted by atomic mass is 10.0. The summed E-state index contributed by atoms with van der Waals surface area (Å²) < 4.78 is 1.50. The molecule has 0 aliphatic rings.